The topological polar surface area (TPSA) is 62.3 Å². The Hall–Kier alpha value is -1.92. The molecule has 7 heteroatoms. The van der Waals surface area contributed by atoms with E-state index < -0.39 is 0 Å². The monoisotopic (exact) mass is 375 g/mol. The lowest BCUT2D eigenvalue weighted by Gasteiger charge is -2.26. The molecule has 0 atom stereocenters. The van der Waals surface area contributed by atoms with Gasteiger partial charge in [-0.1, -0.05) is 29.4 Å². The molecule has 5 nitrogen and oxygen atoms in total. The molecule has 1 fully saturated rings. The van der Waals surface area contributed by atoms with Gasteiger partial charge in [0.15, 0.2) is 5.13 Å². The van der Waals surface area contributed by atoms with Crippen molar-refractivity contribution in [1.82, 2.24) is 9.88 Å². The van der Waals surface area contributed by atoms with Crippen LogP contribution in [0, 0.1) is 5.92 Å². The van der Waals surface area contributed by atoms with Crippen LogP contribution >= 0.6 is 22.9 Å². The Kier molecular flexibility index (Phi) is 4.48. The smallest absolute Gasteiger partial charge is 0.254 e. The maximum atomic E-state index is 12.6. The predicted molar refractivity (Wildman–Crippen MR) is 98.0 cm³/mol. The van der Waals surface area contributed by atoms with Gasteiger partial charge in [-0.05, 0) is 37.1 Å². The van der Waals surface area contributed by atoms with Crippen LogP contribution in [0.25, 0.3) is 0 Å². The number of rotatable bonds is 3. The van der Waals surface area contributed by atoms with E-state index in [9.17, 15) is 9.59 Å². The summed E-state index contributed by atoms with van der Waals surface area (Å²) >= 11 is 7.36. The zero-order valence-corrected chi connectivity index (χ0v) is 15.2. The third-order valence-corrected chi connectivity index (χ3v) is 6.07. The summed E-state index contributed by atoms with van der Waals surface area (Å²) in [5, 5.41) is 4.21. The highest BCUT2D eigenvalue weighted by atomic mass is 35.5. The van der Waals surface area contributed by atoms with Gasteiger partial charge in [0.1, 0.15) is 0 Å². The van der Waals surface area contributed by atoms with Crippen molar-refractivity contribution < 1.29 is 9.59 Å². The zero-order chi connectivity index (χ0) is 17.4. The third kappa shape index (κ3) is 3.41. The molecule has 1 aliphatic carbocycles. The molecular formula is C18H18ClN3O2S. The van der Waals surface area contributed by atoms with Crippen LogP contribution in [-0.4, -0.2) is 28.2 Å². The van der Waals surface area contributed by atoms with Crippen LogP contribution in [0.15, 0.2) is 24.3 Å². The first-order chi connectivity index (χ1) is 12.1. The average Bonchev–Trinajstić information content (AvgIpc) is 2.94. The number of nitrogens with zero attached hydrogens (tertiary/aromatic N) is 2. The first-order valence-corrected chi connectivity index (χ1v) is 9.64. The number of anilines is 1. The van der Waals surface area contributed by atoms with E-state index in [0.717, 1.165) is 29.8 Å². The molecule has 0 saturated heterocycles. The zero-order valence-electron chi connectivity index (χ0n) is 13.6. The van der Waals surface area contributed by atoms with Gasteiger partial charge in [0.05, 0.1) is 12.2 Å². The number of aromatic nitrogens is 1. The Morgan fingerprint density at radius 3 is 2.68 bits per heavy atom. The van der Waals surface area contributed by atoms with Crippen molar-refractivity contribution in [2.75, 3.05) is 11.9 Å². The van der Waals surface area contributed by atoms with Crippen LogP contribution in [-0.2, 0) is 17.8 Å². The molecule has 2 aliphatic rings. The normalized spacial score (nSPS) is 16.9. The van der Waals surface area contributed by atoms with Gasteiger partial charge in [0, 0.05) is 34.3 Å². The molecule has 2 amide bonds. The maximum Gasteiger partial charge on any atom is 0.254 e. The van der Waals surface area contributed by atoms with E-state index in [4.69, 9.17) is 11.6 Å². The second-order valence-corrected chi connectivity index (χ2v) is 8.01. The van der Waals surface area contributed by atoms with E-state index >= 15 is 0 Å². The summed E-state index contributed by atoms with van der Waals surface area (Å²) in [7, 11) is 0. The summed E-state index contributed by atoms with van der Waals surface area (Å²) < 4.78 is 0. The molecule has 0 bridgehead atoms. The lowest BCUT2D eigenvalue weighted by atomic mass is 9.85. The molecule has 0 spiro atoms. The number of hydrogen-bond donors (Lipinski definition) is 1. The van der Waals surface area contributed by atoms with E-state index in [0.29, 0.717) is 35.2 Å². The van der Waals surface area contributed by atoms with E-state index in [2.05, 4.69) is 10.3 Å². The van der Waals surface area contributed by atoms with Crippen molar-refractivity contribution in [2.45, 2.75) is 32.2 Å². The van der Waals surface area contributed by atoms with Crippen molar-refractivity contribution in [3.63, 3.8) is 0 Å². The van der Waals surface area contributed by atoms with Crippen LogP contribution < -0.4 is 5.32 Å². The number of thiazole rings is 1. The summed E-state index contributed by atoms with van der Waals surface area (Å²) in [5.74, 6) is 0.214. The second kappa shape index (κ2) is 6.77. The summed E-state index contributed by atoms with van der Waals surface area (Å²) in [6, 6.07) is 6.95. The van der Waals surface area contributed by atoms with Gasteiger partial charge in [-0.25, -0.2) is 4.98 Å². The molecule has 1 aromatic carbocycles. The largest absolute Gasteiger partial charge is 0.333 e. The molecular weight excluding hydrogens is 358 g/mol. The quantitative estimate of drug-likeness (QED) is 0.889. The van der Waals surface area contributed by atoms with Gasteiger partial charge in [-0.15, -0.1) is 0 Å². The molecule has 0 radical (unpaired) electrons. The molecule has 1 aliphatic heterocycles. The first-order valence-electron chi connectivity index (χ1n) is 8.44. The highest BCUT2D eigenvalue weighted by Crippen LogP contribution is 2.31. The van der Waals surface area contributed by atoms with E-state index in [1.807, 2.05) is 4.90 Å². The summed E-state index contributed by atoms with van der Waals surface area (Å²) in [6.45, 7) is 1.17. The van der Waals surface area contributed by atoms with Crippen LogP contribution in [0.3, 0.4) is 0 Å². The molecule has 2 heterocycles. The number of nitrogens with one attached hydrogen (secondary N) is 1. The minimum absolute atomic E-state index is 0.00392. The molecule has 130 valence electrons. The van der Waals surface area contributed by atoms with Crippen LogP contribution in [0.2, 0.25) is 5.02 Å². The Bertz CT molecular complexity index is 814. The average molecular weight is 376 g/mol. The van der Waals surface area contributed by atoms with E-state index in [1.54, 1.807) is 24.3 Å². The number of carbonyl (C=O) groups excluding carboxylic acids is 2. The summed E-state index contributed by atoms with van der Waals surface area (Å²) in [5.41, 5.74) is 1.63. The Labute approximate surface area is 155 Å². The lowest BCUT2D eigenvalue weighted by Crippen LogP contribution is -2.35. The number of hydrogen-bond acceptors (Lipinski definition) is 4. The third-order valence-electron chi connectivity index (χ3n) is 4.82. The number of benzene rings is 1. The number of fused-ring (bicyclic) bond motifs is 1. The predicted octanol–water partition coefficient (Wildman–Crippen LogP) is 3.73. The van der Waals surface area contributed by atoms with Crippen LogP contribution in [0.1, 0.15) is 40.2 Å². The molecule has 1 N–H and O–H groups in total. The number of carbonyl (C=O) groups is 2. The second-order valence-electron chi connectivity index (χ2n) is 6.49. The van der Waals surface area contributed by atoms with Gasteiger partial charge < -0.3 is 10.2 Å². The summed E-state index contributed by atoms with van der Waals surface area (Å²) in [6.07, 6.45) is 3.79. The van der Waals surface area contributed by atoms with Gasteiger partial charge in [-0.3, -0.25) is 9.59 Å². The van der Waals surface area contributed by atoms with Crippen molar-refractivity contribution >= 4 is 39.9 Å². The van der Waals surface area contributed by atoms with Gasteiger partial charge in [-0.2, -0.15) is 0 Å². The van der Waals surface area contributed by atoms with Crippen molar-refractivity contribution in [3.05, 3.63) is 45.4 Å². The van der Waals surface area contributed by atoms with Crippen LogP contribution in [0.5, 0.6) is 0 Å². The van der Waals surface area contributed by atoms with Crippen molar-refractivity contribution in [1.29, 1.82) is 0 Å². The highest BCUT2D eigenvalue weighted by molar-refractivity contribution is 7.15. The molecule has 25 heavy (non-hydrogen) atoms. The van der Waals surface area contributed by atoms with Crippen LogP contribution in [0.4, 0.5) is 5.13 Å². The summed E-state index contributed by atoms with van der Waals surface area (Å²) in [4.78, 5) is 32.1. The molecule has 4 rings (SSSR count). The van der Waals surface area contributed by atoms with Crippen molar-refractivity contribution in [2.24, 2.45) is 5.92 Å². The Morgan fingerprint density at radius 2 is 2.00 bits per heavy atom. The molecule has 0 unspecified atom stereocenters. The van der Waals surface area contributed by atoms with E-state index in [1.165, 1.54) is 11.3 Å². The molecule has 2 aromatic rings. The Balaban J connectivity index is 1.44. The fourth-order valence-electron chi connectivity index (χ4n) is 3.08. The highest BCUT2D eigenvalue weighted by Gasteiger charge is 2.28. The number of amides is 2. The molecule has 1 aromatic heterocycles. The fourth-order valence-corrected chi connectivity index (χ4v) is 4.23. The maximum absolute atomic E-state index is 12.6. The van der Waals surface area contributed by atoms with Gasteiger partial charge in [0.2, 0.25) is 5.91 Å². The molecule has 1 saturated carbocycles. The standard InChI is InChI=1S/C18H18ClN3O2S/c19-13-6-4-12(5-7-13)17(24)22-9-8-14-15(10-22)25-18(20-14)21-16(23)11-2-1-3-11/h4-7,11H,1-3,8-10H2,(H,20,21,23). The Morgan fingerprint density at radius 1 is 1.24 bits per heavy atom. The first kappa shape index (κ1) is 16.5. The van der Waals surface area contributed by atoms with Gasteiger partial charge in [0.25, 0.3) is 5.91 Å². The van der Waals surface area contributed by atoms with E-state index in [-0.39, 0.29) is 17.7 Å². The minimum atomic E-state index is -0.00392. The minimum Gasteiger partial charge on any atom is -0.333 e. The van der Waals surface area contributed by atoms with Crippen molar-refractivity contribution in [3.8, 4) is 0 Å². The van der Waals surface area contributed by atoms with Gasteiger partial charge >= 0.3 is 0 Å². The lowest BCUT2D eigenvalue weighted by molar-refractivity contribution is -0.122. The fraction of sp³-hybridized carbons (Fsp3) is 0.389. The SMILES string of the molecule is O=C(Nc1nc2c(s1)CN(C(=O)c1ccc(Cl)cc1)CC2)C1CCC1. The number of halogens is 1.